The van der Waals surface area contributed by atoms with E-state index in [0.29, 0.717) is 12.2 Å². The predicted octanol–water partition coefficient (Wildman–Crippen LogP) is 3.41. The fraction of sp³-hybridized carbons (Fsp3) is 0.240. The van der Waals surface area contributed by atoms with Crippen LogP contribution in [0.1, 0.15) is 34.2 Å². The molecule has 1 atom stereocenters. The number of pyridine rings is 2. The molecule has 1 aliphatic heterocycles. The van der Waals surface area contributed by atoms with Crippen molar-refractivity contribution in [3.63, 3.8) is 0 Å². The number of anilines is 1. The van der Waals surface area contributed by atoms with Crippen molar-refractivity contribution in [1.82, 2.24) is 19.2 Å². The van der Waals surface area contributed by atoms with Crippen molar-refractivity contribution in [3.8, 4) is 0 Å². The molecule has 10 heteroatoms. The number of carbonyl (C=O) groups is 1. The van der Waals surface area contributed by atoms with Gasteiger partial charge in [0, 0.05) is 24.2 Å². The highest BCUT2D eigenvalue weighted by molar-refractivity contribution is 7.97. The Bertz CT molecular complexity index is 1220. The number of benzene rings is 1. The second-order valence-electron chi connectivity index (χ2n) is 8.13. The molecular formula is C25H27N7O2S. The van der Waals surface area contributed by atoms with Crippen molar-refractivity contribution in [3.05, 3.63) is 83.3 Å². The number of nitrogens with one attached hydrogen (secondary N) is 3. The summed E-state index contributed by atoms with van der Waals surface area (Å²) in [4.78, 5) is 24.1. The summed E-state index contributed by atoms with van der Waals surface area (Å²) >= 11 is 1.70. The summed E-state index contributed by atoms with van der Waals surface area (Å²) in [6, 6.07) is 16.5. The second kappa shape index (κ2) is 11.2. The molecule has 3 heterocycles. The highest BCUT2D eigenvalue weighted by Gasteiger charge is 2.21. The SMILES string of the molecule is CC(CO)N(C=N)C(=N)c1cccc(NC(=O)c2cc3c(cn2)CCN(Sc2ccccc2)C3)n1. The number of amidine groups is 1. The third-order valence-corrected chi connectivity index (χ3v) is 6.69. The Morgan fingerprint density at radius 2 is 2.03 bits per heavy atom. The molecule has 1 amide bonds. The number of carbonyl (C=O) groups excluding carboxylic acids is 1. The predicted molar refractivity (Wildman–Crippen MR) is 137 cm³/mol. The Labute approximate surface area is 208 Å². The Hall–Kier alpha value is -3.60. The largest absolute Gasteiger partial charge is 0.394 e. The van der Waals surface area contributed by atoms with Crippen LogP contribution < -0.4 is 5.32 Å². The van der Waals surface area contributed by atoms with Gasteiger partial charge >= 0.3 is 0 Å². The van der Waals surface area contributed by atoms with Crippen LogP contribution in [0.4, 0.5) is 5.82 Å². The van der Waals surface area contributed by atoms with Crippen LogP contribution in [0.15, 0.2) is 65.7 Å². The monoisotopic (exact) mass is 489 g/mol. The normalized spacial score (nSPS) is 14.0. The van der Waals surface area contributed by atoms with Gasteiger partial charge in [-0.25, -0.2) is 9.29 Å². The van der Waals surface area contributed by atoms with Gasteiger partial charge in [0.05, 0.1) is 19.0 Å². The molecule has 1 unspecified atom stereocenters. The first kappa shape index (κ1) is 24.5. The van der Waals surface area contributed by atoms with Gasteiger partial charge in [0.25, 0.3) is 5.91 Å². The molecule has 1 aromatic carbocycles. The molecule has 4 rings (SSSR count). The van der Waals surface area contributed by atoms with Gasteiger partial charge in [0.2, 0.25) is 0 Å². The molecule has 0 saturated heterocycles. The van der Waals surface area contributed by atoms with Crippen LogP contribution in [-0.2, 0) is 13.0 Å². The molecule has 0 aliphatic carbocycles. The lowest BCUT2D eigenvalue weighted by Gasteiger charge is -2.27. The van der Waals surface area contributed by atoms with E-state index in [0.717, 1.165) is 30.4 Å². The summed E-state index contributed by atoms with van der Waals surface area (Å²) in [5.74, 6) is -0.148. The topological polar surface area (TPSA) is 129 Å². The molecule has 9 nitrogen and oxygen atoms in total. The number of nitrogens with zero attached hydrogens (tertiary/aromatic N) is 4. The number of rotatable bonds is 8. The van der Waals surface area contributed by atoms with Gasteiger partial charge in [-0.2, -0.15) is 0 Å². The van der Waals surface area contributed by atoms with Crippen molar-refractivity contribution < 1.29 is 9.90 Å². The van der Waals surface area contributed by atoms with Gasteiger partial charge in [-0.3, -0.25) is 20.6 Å². The van der Waals surface area contributed by atoms with E-state index in [9.17, 15) is 9.90 Å². The average molecular weight is 490 g/mol. The third kappa shape index (κ3) is 5.91. The smallest absolute Gasteiger partial charge is 0.275 e. The van der Waals surface area contributed by atoms with Gasteiger partial charge < -0.3 is 15.3 Å². The van der Waals surface area contributed by atoms with E-state index in [1.807, 2.05) is 24.3 Å². The van der Waals surface area contributed by atoms with Gasteiger partial charge in [-0.05, 0) is 66.8 Å². The van der Waals surface area contributed by atoms with Gasteiger partial charge in [0.1, 0.15) is 17.2 Å². The van der Waals surface area contributed by atoms with Crippen LogP contribution in [0.25, 0.3) is 0 Å². The van der Waals surface area contributed by atoms with Crippen LogP contribution in [0.5, 0.6) is 0 Å². The van der Waals surface area contributed by atoms with Crippen LogP contribution in [0, 0.1) is 10.8 Å². The van der Waals surface area contributed by atoms with Crippen LogP contribution in [-0.4, -0.2) is 61.6 Å². The van der Waals surface area contributed by atoms with Crippen molar-refractivity contribution in [2.75, 3.05) is 18.5 Å². The van der Waals surface area contributed by atoms with Gasteiger partial charge in [-0.15, -0.1) is 0 Å². The maximum absolute atomic E-state index is 12.9. The van der Waals surface area contributed by atoms with Crippen LogP contribution in [0.2, 0.25) is 0 Å². The molecule has 0 bridgehead atoms. The van der Waals surface area contributed by atoms with E-state index in [2.05, 4.69) is 31.7 Å². The first-order valence-electron chi connectivity index (χ1n) is 11.2. The molecule has 35 heavy (non-hydrogen) atoms. The summed E-state index contributed by atoms with van der Waals surface area (Å²) in [6.45, 7) is 3.11. The maximum Gasteiger partial charge on any atom is 0.275 e. The van der Waals surface area contributed by atoms with Crippen molar-refractivity contribution in [2.24, 2.45) is 0 Å². The fourth-order valence-corrected chi connectivity index (χ4v) is 4.66. The summed E-state index contributed by atoms with van der Waals surface area (Å²) in [7, 11) is 0. The molecule has 4 N–H and O–H groups in total. The number of amides is 1. The number of aromatic nitrogens is 2. The van der Waals surface area contributed by atoms with E-state index in [-0.39, 0.29) is 29.9 Å². The summed E-state index contributed by atoms with van der Waals surface area (Å²) in [5.41, 5.74) is 2.79. The third-order valence-electron chi connectivity index (χ3n) is 5.64. The number of aliphatic hydroxyl groups is 1. The molecule has 0 spiro atoms. The zero-order valence-corrected chi connectivity index (χ0v) is 20.1. The summed E-state index contributed by atoms with van der Waals surface area (Å²) in [6.07, 6.45) is 3.62. The average Bonchev–Trinajstić information content (AvgIpc) is 2.89. The number of hydrogen-bond donors (Lipinski definition) is 4. The molecule has 0 fully saturated rings. The molecule has 1 aliphatic rings. The lowest BCUT2D eigenvalue weighted by Crippen LogP contribution is -2.39. The zero-order chi connectivity index (χ0) is 24.8. The molecule has 2 aromatic heterocycles. The van der Waals surface area contributed by atoms with Crippen molar-refractivity contribution >= 4 is 35.8 Å². The molecule has 180 valence electrons. The second-order valence-corrected chi connectivity index (χ2v) is 9.31. The van der Waals surface area contributed by atoms with E-state index in [1.165, 1.54) is 9.80 Å². The fourth-order valence-electron chi connectivity index (χ4n) is 3.69. The Balaban J connectivity index is 1.45. The Morgan fingerprint density at radius 3 is 2.77 bits per heavy atom. The summed E-state index contributed by atoms with van der Waals surface area (Å²) < 4.78 is 2.28. The quantitative estimate of drug-likeness (QED) is 0.217. The van der Waals surface area contributed by atoms with Crippen molar-refractivity contribution in [1.29, 1.82) is 10.8 Å². The van der Waals surface area contributed by atoms with Crippen LogP contribution in [0.3, 0.4) is 0 Å². The first-order chi connectivity index (χ1) is 17.0. The first-order valence-corrected chi connectivity index (χ1v) is 12.0. The Morgan fingerprint density at radius 1 is 1.23 bits per heavy atom. The number of hydrogen-bond acceptors (Lipinski definition) is 8. The lowest BCUT2D eigenvalue weighted by atomic mass is 10.0. The minimum atomic E-state index is -0.445. The molecule has 0 radical (unpaired) electrons. The highest BCUT2D eigenvalue weighted by Crippen LogP contribution is 2.29. The van der Waals surface area contributed by atoms with E-state index >= 15 is 0 Å². The van der Waals surface area contributed by atoms with Gasteiger partial charge in [-0.1, -0.05) is 24.3 Å². The lowest BCUT2D eigenvalue weighted by molar-refractivity contribution is 0.102. The molecule has 3 aromatic rings. The van der Waals surface area contributed by atoms with E-state index in [1.54, 1.807) is 43.3 Å². The zero-order valence-electron chi connectivity index (χ0n) is 19.3. The minimum Gasteiger partial charge on any atom is -0.394 e. The standard InChI is InChI=1S/C25H27N7O2S/c1-17(15-33)32(16-26)24(27)21-8-5-9-23(29-21)30-25(34)22-12-19-14-31(11-10-18(19)13-28-22)35-20-6-3-2-4-7-20/h2-9,12-13,16-17,26-27,33H,10-11,14-15H2,1H3,(H,29,30,34). The van der Waals surface area contributed by atoms with E-state index < -0.39 is 6.04 Å². The van der Waals surface area contributed by atoms with Crippen molar-refractivity contribution in [2.45, 2.75) is 30.8 Å². The van der Waals surface area contributed by atoms with Crippen LogP contribution >= 0.6 is 11.9 Å². The Kier molecular flexibility index (Phi) is 7.86. The maximum atomic E-state index is 12.9. The number of aliphatic hydroxyl groups excluding tert-OH is 1. The van der Waals surface area contributed by atoms with Gasteiger partial charge in [0.15, 0.2) is 5.84 Å². The molecule has 0 saturated carbocycles. The van der Waals surface area contributed by atoms with E-state index in [4.69, 9.17) is 10.8 Å². The summed E-state index contributed by atoms with van der Waals surface area (Å²) in [5, 5.41) is 28.0. The number of fused-ring (bicyclic) bond motifs is 1. The minimum absolute atomic E-state index is 0.0411. The highest BCUT2D eigenvalue weighted by atomic mass is 32.2. The molecular weight excluding hydrogens is 462 g/mol.